The summed E-state index contributed by atoms with van der Waals surface area (Å²) in [6, 6.07) is 9.05. The topological polar surface area (TPSA) is 15.3 Å². The second-order valence-electron chi connectivity index (χ2n) is 5.03. The minimum absolute atomic E-state index is 1.13. The Balaban J connectivity index is 2.18. The van der Waals surface area contributed by atoms with E-state index in [1.54, 1.807) is 0 Å². The van der Waals surface area contributed by atoms with Gasteiger partial charge in [0.1, 0.15) is 0 Å². The first-order chi connectivity index (χ1) is 8.76. The summed E-state index contributed by atoms with van der Waals surface area (Å²) in [7, 11) is 4.24. The third-order valence-corrected chi connectivity index (χ3v) is 3.43. The van der Waals surface area contributed by atoms with Gasteiger partial charge in [-0.3, -0.25) is 0 Å². The molecule has 1 aromatic rings. The van der Waals surface area contributed by atoms with Gasteiger partial charge in [0, 0.05) is 6.54 Å². The normalized spacial score (nSPS) is 11.1. The smallest absolute Gasteiger partial charge is 0.00188 e. The van der Waals surface area contributed by atoms with Crippen molar-refractivity contribution in [1.29, 1.82) is 0 Å². The second-order valence-corrected chi connectivity index (χ2v) is 5.03. The molecule has 0 heterocycles. The molecule has 0 aromatic heterocycles. The Bertz CT molecular complexity index is 305. The second kappa shape index (κ2) is 9.12. The summed E-state index contributed by atoms with van der Waals surface area (Å²) in [5, 5.41) is 3.19. The van der Waals surface area contributed by atoms with Crippen LogP contribution in [0.1, 0.15) is 30.9 Å². The van der Waals surface area contributed by atoms with E-state index in [0.717, 1.165) is 25.9 Å². The van der Waals surface area contributed by atoms with Crippen LogP contribution in [-0.4, -0.2) is 38.6 Å². The SMILES string of the molecule is CCc1ccc(CCN(C)CCCCNC)cc1. The third-order valence-electron chi connectivity index (χ3n) is 3.43. The number of hydrogen-bond acceptors (Lipinski definition) is 2. The molecule has 1 N–H and O–H groups in total. The number of unbranched alkanes of at least 4 members (excludes halogenated alkanes) is 1. The summed E-state index contributed by atoms with van der Waals surface area (Å²) in [6.45, 7) is 5.69. The lowest BCUT2D eigenvalue weighted by atomic mass is 10.1. The van der Waals surface area contributed by atoms with Crippen molar-refractivity contribution in [2.45, 2.75) is 32.6 Å². The minimum atomic E-state index is 1.13. The summed E-state index contributed by atoms with van der Waals surface area (Å²) >= 11 is 0. The molecule has 0 saturated carbocycles. The summed E-state index contributed by atoms with van der Waals surface area (Å²) in [6.07, 6.45) is 4.84. The fourth-order valence-electron chi connectivity index (χ4n) is 2.06. The summed E-state index contributed by atoms with van der Waals surface area (Å²) in [4.78, 5) is 2.43. The van der Waals surface area contributed by atoms with Crippen LogP contribution in [0.5, 0.6) is 0 Å². The highest BCUT2D eigenvalue weighted by molar-refractivity contribution is 5.22. The zero-order valence-corrected chi connectivity index (χ0v) is 12.2. The number of nitrogens with one attached hydrogen (secondary N) is 1. The van der Waals surface area contributed by atoms with Gasteiger partial charge in [0.15, 0.2) is 0 Å². The number of benzene rings is 1. The van der Waals surface area contributed by atoms with Crippen LogP contribution in [0.15, 0.2) is 24.3 Å². The van der Waals surface area contributed by atoms with Crippen molar-refractivity contribution < 1.29 is 0 Å². The maximum absolute atomic E-state index is 3.19. The molecule has 0 bridgehead atoms. The predicted octanol–water partition coefficient (Wildman–Crippen LogP) is 2.72. The van der Waals surface area contributed by atoms with Gasteiger partial charge in [-0.1, -0.05) is 31.2 Å². The van der Waals surface area contributed by atoms with Crippen molar-refractivity contribution in [2.75, 3.05) is 33.7 Å². The molecule has 1 aromatic carbocycles. The van der Waals surface area contributed by atoms with Crippen LogP contribution in [-0.2, 0) is 12.8 Å². The molecule has 0 amide bonds. The molecule has 102 valence electrons. The van der Waals surface area contributed by atoms with Gasteiger partial charge in [0.05, 0.1) is 0 Å². The van der Waals surface area contributed by atoms with E-state index in [4.69, 9.17) is 0 Å². The third kappa shape index (κ3) is 6.18. The average molecular weight is 248 g/mol. The van der Waals surface area contributed by atoms with E-state index in [2.05, 4.69) is 48.5 Å². The standard InChI is InChI=1S/C16H28N2/c1-4-15-7-9-16(10-8-15)11-14-18(3)13-6-5-12-17-2/h7-10,17H,4-6,11-14H2,1-3H3. The van der Waals surface area contributed by atoms with Crippen LogP contribution in [0, 0.1) is 0 Å². The van der Waals surface area contributed by atoms with Gasteiger partial charge in [-0.25, -0.2) is 0 Å². The Kier molecular flexibility index (Phi) is 7.70. The highest BCUT2D eigenvalue weighted by Crippen LogP contribution is 2.06. The van der Waals surface area contributed by atoms with Crippen molar-refractivity contribution in [3.63, 3.8) is 0 Å². The van der Waals surface area contributed by atoms with Gasteiger partial charge in [0.2, 0.25) is 0 Å². The van der Waals surface area contributed by atoms with E-state index in [-0.39, 0.29) is 0 Å². The van der Waals surface area contributed by atoms with E-state index >= 15 is 0 Å². The van der Waals surface area contributed by atoms with Gasteiger partial charge in [-0.2, -0.15) is 0 Å². The minimum Gasteiger partial charge on any atom is -0.320 e. The van der Waals surface area contributed by atoms with E-state index in [1.807, 2.05) is 7.05 Å². The van der Waals surface area contributed by atoms with Crippen LogP contribution in [0.3, 0.4) is 0 Å². The number of likely N-dealkylation sites (N-methyl/N-ethyl adjacent to an activating group) is 1. The van der Waals surface area contributed by atoms with Crippen molar-refractivity contribution >= 4 is 0 Å². The van der Waals surface area contributed by atoms with Crippen LogP contribution >= 0.6 is 0 Å². The average Bonchev–Trinajstić information content (AvgIpc) is 2.42. The van der Waals surface area contributed by atoms with Gasteiger partial charge in [-0.15, -0.1) is 0 Å². The molecule has 18 heavy (non-hydrogen) atoms. The molecule has 0 fully saturated rings. The first kappa shape index (κ1) is 15.2. The number of nitrogens with zero attached hydrogens (tertiary/aromatic N) is 1. The lowest BCUT2D eigenvalue weighted by Gasteiger charge is -2.16. The number of rotatable bonds is 9. The van der Waals surface area contributed by atoms with Gasteiger partial charge in [0.25, 0.3) is 0 Å². The maximum Gasteiger partial charge on any atom is 0.00188 e. The van der Waals surface area contributed by atoms with Crippen LogP contribution in [0.4, 0.5) is 0 Å². The van der Waals surface area contributed by atoms with Crippen molar-refractivity contribution in [3.05, 3.63) is 35.4 Å². The Labute approximate surface area is 112 Å². The molecule has 0 aliphatic rings. The molecule has 0 aliphatic carbocycles. The molecule has 2 nitrogen and oxygen atoms in total. The lowest BCUT2D eigenvalue weighted by Crippen LogP contribution is -2.23. The highest BCUT2D eigenvalue weighted by Gasteiger charge is 1.99. The van der Waals surface area contributed by atoms with Crippen LogP contribution in [0.25, 0.3) is 0 Å². The van der Waals surface area contributed by atoms with E-state index in [1.165, 1.54) is 30.5 Å². The molecule has 1 rings (SSSR count). The highest BCUT2D eigenvalue weighted by atomic mass is 15.1. The molecule has 0 unspecified atom stereocenters. The molecular weight excluding hydrogens is 220 g/mol. The lowest BCUT2D eigenvalue weighted by molar-refractivity contribution is 0.329. The van der Waals surface area contributed by atoms with Gasteiger partial charge >= 0.3 is 0 Å². The monoisotopic (exact) mass is 248 g/mol. The van der Waals surface area contributed by atoms with Crippen molar-refractivity contribution in [1.82, 2.24) is 10.2 Å². The van der Waals surface area contributed by atoms with Gasteiger partial charge < -0.3 is 10.2 Å². The van der Waals surface area contributed by atoms with Crippen molar-refractivity contribution in [3.8, 4) is 0 Å². The first-order valence-electron chi connectivity index (χ1n) is 7.17. The molecule has 0 radical (unpaired) electrons. The molecule has 0 saturated heterocycles. The molecule has 0 spiro atoms. The number of aryl methyl sites for hydroxylation is 1. The predicted molar refractivity (Wildman–Crippen MR) is 80.2 cm³/mol. The summed E-state index contributed by atoms with van der Waals surface area (Å²) < 4.78 is 0. The van der Waals surface area contributed by atoms with E-state index in [9.17, 15) is 0 Å². The largest absolute Gasteiger partial charge is 0.320 e. The molecule has 0 atom stereocenters. The van der Waals surface area contributed by atoms with Crippen molar-refractivity contribution in [2.24, 2.45) is 0 Å². The Morgan fingerprint density at radius 1 is 1.00 bits per heavy atom. The fourth-order valence-corrected chi connectivity index (χ4v) is 2.06. The van der Waals surface area contributed by atoms with Gasteiger partial charge in [-0.05, 0) is 64.0 Å². The molecular formula is C16H28N2. The number of hydrogen-bond donors (Lipinski definition) is 1. The Morgan fingerprint density at radius 2 is 1.67 bits per heavy atom. The zero-order chi connectivity index (χ0) is 13.2. The molecule has 0 aliphatic heterocycles. The quantitative estimate of drug-likeness (QED) is 0.676. The summed E-state index contributed by atoms with van der Waals surface area (Å²) in [5.74, 6) is 0. The van der Waals surface area contributed by atoms with Crippen LogP contribution in [0.2, 0.25) is 0 Å². The molecule has 2 heteroatoms. The van der Waals surface area contributed by atoms with E-state index in [0.29, 0.717) is 0 Å². The zero-order valence-electron chi connectivity index (χ0n) is 12.2. The Hall–Kier alpha value is -0.860. The van der Waals surface area contributed by atoms with E-state index < -0.39 is 0 Å². The van der Waals surface area contributed by atoms with Crippen LogP contribution < -0.4 is 5.32 Å². The summed E-state index contributed by atoms with van der Waals surface area (Å²) in [5.41, 5.74) is 2.88. The Morgan fingerprint density at radius 3 is 2.28 bits per heavy atom. The first-order valence-corrected chi connectivity index (χ1v) is 7.17. The fraction of sp³-hybridized carbons (Fsp3) is 0.625. The maximum atomic E-state index is 3.19.